The molecule has 7 nitrogen and oxygen atoms in total. The minimum atomic E-state index is -3.53. The van der Waals surface area contributed by atoms with Crippen LogP contribution in [0, 0.1) is 0 Å². The van der Waals surface area contributed by atoms with Gasteiger partial charge in [-0.25, -0.2) is 13.8 Å². The van der Waals surface area contributed by atoms with E-state index in [1.54, 1.807) is 0 Å². The Morgan fingerprint density at radius 1 is 0.939 bits per heavy atom. The van der Waals surface area contributed by atoms with Crippen LogP contribution < -0.4 is 10.2 Å². The monoisotopic (exact) mass is 465 g/mol. The summed E-state index contributed by atoms with van der Waals surface area (Å²) in [5, 5.41) is 3.93. The number of carbonyl (C=O) groups excluding carboxylic acids is 1. The van der Waals surface area contributed by atoms with Gasteiger partial charge in [0, 0.05) is 6.54 Å². The zero-order chi connectivity index (χ0) is 23.5. The van der Waals surface area contributed by atoms with Crippen LogP contribution in [0.2, 0.25) is 0 Å². The van der Waals surface area contributed by atoms with Crippen LogP contribution in [-0.2, 0) is 27.8 Å². The SMILES string of the molecule is CS(=O)(=O)N(CCc1ccccc1)CC(=O)N/N=C/c1ccc(OCc2ccccc2)cc1. The van der Waals surface area contributed by atoms with Crippen LogP contribution in [0.25, 0.3) is 0 Å². The Morgan fingerprint density at radius 3 is 2.15 bits per heavy atom. The Hall–Kier alpha value is -3.49. The minimum absolute atomic E-state index is 0.213. The van der Waals surface area contributed by atoms with Gasteiger partial charge in [0.2, 0.25) is 10.0 Å². The van der Waals surface area contributed by atoms with Gasteiger partial charge in [0.15, 0.2) is 0 Å². The van der Waals surface area contributed by atoms with E-state index in [0.717, 1.165) is 33.0 Å². The van der Waals surface area contributed by atoms with Crippen LogP contribution in [0.3, 0.4) is 0 Å². The zero-order valence-corrected chi connectivity index (χ0v) is 19.2. The third kappa shape index (κ3) is 8.51. The molecule has 3 rings (SSSR count). The molecule has 172 valence electrons. The number of benzene rings is 3. The fourth-order valence-corrected chi connectivity index (χ4v) is 3.80. The Balaban J connectivity index is 1.47. The smallest absolute Gasteiger partial charge is 0.255 e. The molecule has 0 fully saturated rings. The van der Waals surface area contributed by atoms with E-state index in [0.29, 0.717) is 13.0 Å². The van der Waals surface area contributed by atoms with Gasteiger partial charge in [-0.05, 0) is 47.4 Å². The second-order valence-corrected chi connectivity index (χ2v) is 9.45. The fraction of sp³-hybridized carbons (Fsp3) is 0.200. The highest BCUT2D eigenvalue weighted by Gasteiger charge is 2.19. The van der Waals surface area contributed by atoms with Crippen LogP contribution in [0.5, 0.6) is 5.75 Å². The molecule has 0 spiro atoms. The minimum Gasteiger partial charge on any atom is -0.489 e. The first-order valence-electron chi connectivity index (χ1n) is 10.5. The summed E-state index contributed by atoms with van der Waals surface area (Å²) < 4.78 is 31.0. The molecule has 0 aliphatic rings. The summed E-state index contributed by atoms with van der Waals surface area (Å²) in [5.41, 5.74) is 5.24. The van der Waals surface area contributed by atoms with Crippen molar-refractivity contribution >= 4 is 22.1 Å². The number of hydrogen-bond acceptors (Lipinski definition) is 5. The summed E-state index contributed by atoms with van der Waals surface area (Å²) in [6.45, 7) is 0.394. The second-order valence-electron chi connectivity index (χ2n) is 7.47. The topological polar surface area (TPSA) is 88.1 Å². The zero-order valence-electron chi connectivity index (χ0n) is 18.4. The van der Waals surface area contributed by atoms with Gasteiger partial charge in [-0.1, -0.05) is 60.7 Å². The molecule has 0 aliphatic carbocycles. The fourth-order valence-electron chi connectivity index (χ4n) is 3.03. The first-order valence-corrected chi connectivity index (χ1v) is 12.3. The Bertz CT molecular complexity index is 1150. The van der Waals surface area contributed by atoms with Crippen molar-refractivity contribution in [3.05, 3.63) is 102 Å². The molecule has 0 aromatic heterocycles. The van der Waals surface area contributed by atoms with Crippen molar-refractivity contribution in [2.75, 3.05) is 19.3 Å². The number of ether oxygens (including phenoxy) is 1. The van der Waals surface area contributed by atoms with Crippen molar-refractivity contribution in [1.29, 1.82) is 0 Å². The molecule has 0 saturated carbocycles. The quantitative estimate of drug-likeness (QED) is 0.348. The molecule has 0 saturated heterocycles. The molecule has 0 aliphatic heterocycles. The Kier molecular flexibility index (Phi) is 8.74. The summed E-state index contributed by atoms with van der Waals surface area (Å²) >= 11 is 0. The van der Waals surface area contributed by atoms with Crippen molar-refractivity contribution in [3.8, 4) is 5.75 Å². The van der Waals surface area contributed by atoms with Crippen LogP contribution in [0.4, 0.5) is 0 Å². The normalized spacial score (nSPS) is 11.6. The van der Waals surface area contributed by atoms with Crippen LogP contribution in [0.15, 0.2) is 90.0 Å². The van der Waals surface area contributed by atoms with Crippen molar-refractivity contribution in [2.24, 2.45) is 5.10 Å². The average molecular weight is 466 g/mol. The van der Waals surface area contributed by atoms with E-state index < -0.39 is 15.9 Å². The van der Waals surface area contributed by atoms with E-state index in [1.165, 1.54) is 6.21 Å². The second kappa shape index (κ2) is 11.9. The maximum absolute atomic E-state index is 12.2. The largest absolute Gasteiger partial charge is 0.489 e. The van der Waals surface area contributed by atoms with Crippen molar-refractivity contribution in [2.45, 2.75) is 13.0 Å². The number of hydrogen-bond donors (Lipinski definition) is 1. The van der Waals surface area contributed by atoms with Gasteiger partial charge >= 0.3 is 0 Å². The maximum Gasteiger partial charge on any atom is 0.255 e. The molecule has 0 bridgehead atoms. The summed E-state index contributed by atoms with van der Waals surface area (Å²) in [4.78, 5) is 12.2. The number of amides is 1. The molecule has 3 aromatic carbocycles. The lowest BCUT2D eigenvalue weighted by molar-refractivity contribution is -0.121. The van der Waals surface area contributed by atoms with Crippen molar-refractivity contribution in [1.82, 2.24) is 9.73 Å². The highest BCUT2D eigenvalue weighted by molar-refractivity contribution is 7.88. The van der Waals surface area contributed by atoms with Crippen LogP contribution in [-0.4, -0.2) is 44.2 Å². The van der Waals surface area contributed by atoms with Gasteiger partial charge in [0.05, 0.1) is 19.0 Å². The van der Waals surface area contributed by atoms with E-state index in [4.69, 9.17) is 4.74 Å². The van der Waals surface area contributed by atoms with Gasteiger partial charge in [-0.3, -0.25) is 4.79 Å². The lowest BCUT2D eigenvalue weighted by Crippen LogP contribution is -2.40. The molecule has 0 radical (unpaired) electrons. The highest BCUT2D eigenvalue weighted by atomic mass is 32.2. The van der Waals surface area contributed by atoms with Gasteiger partial charge in [-0.15, -0.1) is 0 Å². The predicted molar refractivity (Wildman–Crippen MR) is 130 cm³/mol. The predicted octanol–water partition coefficient (Wildman–Crippen LogP) is 3.22. The number of carbonyl (C=O) groups is 1. The summed E-state index contributed by atoms with van der Waals surface area (Å²) in [7, 11) is -3.53. The van der Waals surface area contributed by atoms with E-state index in [1.807, 2.05) is 84.9 Å². The molecule has 8 heteroatoms. The summed E-state index contributed by atoms with van der Waals surface area (Å²) in [6, 6.07) is 26.7. The van der Waals surface area contributed by atoms with Gasteiger partial charge in [0.1, 0.15) is 12.4 Å². The van der Waals surface area contributed by atoms with Crippen molar-refractivity contribution in [3.63, 3.8) is 0 Å². The van der Waals surface area contributed by atoms with Crippen LogP contribution >= 0.6 is 0 Å². The molecule has 33 heavy (non-hydrogen) atoms. The van der Waals surface area contributed by atoms with Crippen LogP contribution in [0.1, 0.15) is 16.7 Å². The molecule has 0 atom stereocenters. The molecule has 1 amide bonds. The molecular weight excluding hydrogens is 438 g/mol. The summed E-state index contributed by atoms with van der Waals surface area (Å²) in [6.07, 6.45) is 3.10. The molecule has 1 N–H and O–H groups in total. The van der Waals surface area contributed by atoms with Gasteiger partial charge in [0.25, 0.3) is 5.91 Å². The third-order valence-corrected chi connectivity index (χ3v) is 6.06. The van der Waals surface area contributed by atoms with E-state index in [2.05, 4.69) is 10.5 Å². The first-order chi connectivity index (χ1) is 15.9. The number of hydrazone groups is 1. The third-order valence-electron chi connectivity index (χ3n) is 4.81. The highest BCUT2D eigenvalue weighted by Crippen LogP contribution is 2.13. The lowest BCUT2D eigenvalue weighted by Gasteiger charge is -2.18. The van der Waals surface area contributed by atoms with E-state index in [9.17, 15) is 13.2 Å². The number of sulfonamides is 1. The number of rotatable bonds is 11. The first kappa shape index (κ1) is 24.2. The van der Waals surface area contributed by atoms with E-state index >= 15 is 0 Å². The van der Waals surface area contributed by atoms with E-state index in [-0.39, 0.29) is 13.1 Å². The summed E-state index contributed by atoms with van der Waals surface area (Å²) in [5.74, 6) is 0.217. The number of nitrogens with one attached hydrogen (secondary N) is 1. The van der Waals surface area contributed by atoms with Gasteiger partial charge in [-0.2, -0.15) is 9.41 Å². The lowest BCUT2D eigenvalue weighted by atomic mass is 10.1. The standard InChI is InChI=1S/C25H27N3O4S/c1-33(30,31)28(17-16-21-8-4-2-5-9-21)19-25(29)27-26-18-22-12-14-24(15-13-22)32-20-23-10-6-3-7-11-23/h2-15,18H,16-17,19-20H2,1H3,(H,27,29)/b26-18+. The number of nitrogens with zero attached hydrogens (tertiary/aromatic N) is 2. The molecule has 0 heterocycles. The Labute approximate surface area is 194 Å². The Morgan fingerprint density at radius 2 is 1.55 bits per heavy atom. The molecule has 3 aromatic rings. The van der Waals surface area contributed by atoms with Gasteiger partial charge < -0.3 is 4.74 Å². The van der Waals surface area contributed by atoms with Crippen molar-refractivity contribution < 1.29 is 17.9 Å². The molecule has 0 unspecified atom stereocenters. The maximum atomic E-state index is 12.2. The molecular formula is C25H27N3O4S. The average Bonchev–Trinajstić information content (AvgIpc) is 2.82.